The average molecular weight is 834 g/mol. The molecule has 0 saturated heterocycles. The third-order valence-corrected chi connectivity index (χ3v) is 14.6. The van der Waals surface area contributed by atoms with E-state index in [4.69, 9.17) is 15.0 Å². The molecular weight excluding hydrogens is 799 g/mol. The van der Waals surface area contributed by atoms with Crippen LogP contribution in [0.4, 0.5) is 0 Å². The van der Waals surface area contributed by atoms with E-state index in [0.717, 1.165) is 27.9 Å². The number of nitrogens with zero attached hydrogens (tertiary/aromatic N) is 5. The van der Waals surface area contributed by atoms with Gasteiger partial charge in [0, 0.05) is 53.7 Å². The van der Waals surface area contributed by atoms with Crippen LogP contribution in [-0.4, -0.2) is 24.1 Å². The molecule has 0 amide bonds. The standard InChI is InChI=1S/C58H35N5S/c1-3-16-36(17-4-1)55-59-56(37-18-5-2-6-19-37)61-57(60-55)38-30-32-39(33-31-38)62-48-27-12-8-21-42(48)52-50(62)35-34-46-54(52)64-51-29-14-10-24-44(51)58(46)43-23-9-13-28-49(43)63-47-26-11-7-20-40(47)41-22-15-25-45(58)53(41)63/h1-35H. The molecule has 0 saturated carbocycles. The maximum absolute atomic E-state index is 5.02. The van der Waals surface area contributed by atoms with Gasteiger partial charge < -0.3 is 9.13 Å². The minimum absolute atomic E-state index is 0.557. The summed E-state index contributed by atoms with van der Waals surface area (Å²) in [4.78, 5) is 17.5. The van der Waals surface area contributed by atoms with Gasteiger partial charge in [-0.25, -0.2) is 15.0 Å². The first kappa shape index (κ1) is 35.5. The second-order valence-electron chi connectivity index (χ2n) is 16.7. The number of hydrogen-bond acceptors (Lipinski definition) is 4. The Morgan fingerprint density at radius 3 is 1.62 bits per heavy atom. The largest absolute Gasteiger partial charge is 0.309 e. The Morgan fingerprint density at radius 2 is 0.906 bits per heavy atom. The molecule has 9 aromatic carbocycles. The van der Waals surface area contributed by atoms with Crippen LogP contribution in [0.1, 0.15) is 22.3 Å². The van der Waals surface area contributed by atoms with Gasteiger partial charge in [0.05, 0.1) is 33.2 Å². The fourth-order valence-corrected chi connectivity index (χ4v) is 12.2. The Morgan fingerprint density at radius 1 is 0.359 bits per heavy atom. The molecule has 1 spiro atoms. The second kappa shape index (κ2) is 13.5. The zero-order valence-corrected chi connectivity index (χ0v) is 35.2. The highest BCUT2D eigenvalue weighted by Crippen LogP contribution is 2.62. The van der Waals surface area contributed by atoms with Gasteiger partial charge >= 0.3 is 0 Å². The number of fused-ring (bicyclic) bond motifs is 15. The molecule has 0 fully saturated rings. The molecule has 0 bridgehead atoms. The zero-order valence-electron chi connectivity index (χ0n) is 34.4. The predicted octanol–water partition coefficient (Wildman–Crippen LogP) is 14.2. The summed E-state index contributed by atoms with van der Waals surface area (Å²) in [6.07, 6.45) is 0. The summed E-state index contributed by atoms with van der Waals surface area (Å²) in [7, 11) is 0. The highest BCUT2D eigenvalue weighted by Gasteiger charge is 2.50. The number of benzene rings is 9. The molecule has 1 atom stereocenters. The first-order chi connectivity index (χ1) is 31.8. The van der Waals surface area contributed by atoms with Crippen molar-refractivity contribution in [3.63, 3.8) is 0 Å². The average Bonchev–Trinajstić information content (AvgIpc) is 3.90. The van der Waals surface area contributed by atoms with E-state index < -0.39 is 5.41 Å². The molecule has 0 radical (unpaired) electrons. The lowest BCUT2D eigenvalue weighted by Gasteiger charge is -2.45. The van der Waals surface area contributed by atoms with E-state index in [1.165, 1.54) is 75.8 Å². The van der Waals surface area contributed by atoms with E-state index in [2.05, 4.69) is 161 Å². The Balaban J connectivity index is 0.996. The third-order valence-electron chi connectivity index (χ3n) is 13.4. The normalized spacial score (nSPS) is 14.9. The van der Waals surface area contributed by atoms with Crippen molar-refractivity contribution in [2.75, 3.05) is 0 Å². The van der Waals surface area contributed by atoms with E-state index in [1.807, 2.05) is 72.4 Å². The van der Waals surface area contributed by atoms with Gasteiger partial charge in [-0.1, -0.05) is 169 Å². The first-order valence-electron chi connectivity index (χ1n) is 21.7. The van der Waals surface area contributed by atoms with E-state index in [0.29, 0.717) is 17.5 Å². The van der Waals surface area contributed by atoms with Crippen LogP contribution in [0, 0.1) is 0 Å². The van der Waals surface area contributed by atoms with Gasteiger partial charge in [0.1, 0.15) is 0 Å². The Hall–Kier alpha value is -8.06. The zero-order chi connectivity index (χ0) is 41.9. The van der Waals surface area contributed by atoms with Crippen molar-refractivity contribution < 1.29 is 0 Å². The molecule has 5 nitrogen and oxygen atoms in total. The molecule has 2 aliphatic rings. The van der Waals surface area contributed by atoms with Crippen LogP contribution in [0.2, 0.25) is 0 Å². The molecule has 298 valence electrons. The summed E-state index contributed by atoms with van der Waals surface area (Å²) < 4.78 is 4.94. The van der Waals surface area contributed by atoms with Crippen LogP contribution >= 0.6 is 11.8 Å². The van der Waals surface area contributed by atoms with Crippen molar-refractivity contribution in [1.29, 1.82) is 0 Å². The molecule has 14 rings (SSSR count). The van der Waals surface area contributed by atoms with Crippen molar-refractivity contribution in [2.24, 2.45) is 0 Å². The third kappa shape index (κ3) is 4.83. The Bertz CT molecular complexity index is 3810. The molecule has 0 N–H and O–H groups in total. The lowest BCUT2D eigenvalue weighted by atomic mass is 9.62. The fourth-order valence-electron chi connectivity index (χ4n) is 10.8. The van der Waals surface area contributed by atoms with Gasteiger partial charge in [-0.05, 0) is 76.9 Å². The highest BCUT2D eigenvalue weighted by atomic mass is 32.2. The second-order valence-corrected chi connectivity index (χ2v) is 17.7. The SMILES string of the molecule is c1ccc(-c2nc(-c3ccccc3)nc(-c3ccc(-n4c5ccccc5c5c6c(ccc54)C4(c5ccccc5S6)c5ccccc5-n5c6ccccc6c6cccc4c65)cc3)n2)cc1. The fraction of sp³-hybridized carbons (Fsp3) is 0.0172. The van der Waals surface area contributed by atoms with E-state index in [9.17, 15) is 0 Å². The summed E-state index contributed by atoms with van der Waals surface area (Å²) in [5, 5.41) is 5.06. The summed E-state index contributed by atoms with van der Waals surface area (Å²) >= 11 is 1.91. The van der Waals surface area contributed by atoms with Gasteiger partial charge in [0.15, 0.2) is 17.5 Å². The van der Waals surface area contributed by atoms with Crippen molar-refractivity contribution >= 4 is 55.4 Å². The number of para-hydroxylation sites is 4. The molecular formula is C58H35N5S. The quantitative estimate of drug-likeness (QED) is 0.177. The lowest BCUT2D eigenvalue weighted by Crippen LogP contribution is -2.37. The van der Waals surface area contributed by atoms with Crippen LogP contribution in [0.15, 0.2) is 222 Å². The predicted molar refractivity (Wildman–Crippen MR) is 261 cm³/mol. The summed E-state index contributed by atoms with van der Waals surface area (Å²) in [6.45, 7) is 0. The van der Waals surface area contributed by atoms with Gasteiger partial charge in [-0.3, -0.25) is 0 Å². The molecule has 0 aliphatic carbocycles. The Labute approximate surface area is 373 Å². The van der Waals surface area contributed by atoms with Crippen molar-refractivity contribution in [3.8, 4) is 45.5 Å². The smallest absolute Gasteiger partial charge is 0.164 e. The molecule has 3 aromatic heterocycles. The van der Waals surface area contributed by atoms with E-state index in [-0.39, 0.29) is 0 Å². The molecule has 5 heterocycles. The lowest BCUT2D eigenvalue weighted by molar-refractivity contribution is 0.692. The van der Waals surface area contributed by atoms with Crippen molar-refractivity contribution in [3.05, 3.63) is 235 Å². The maximum atomic E-state index is 5.02. The molecule has 64 heavy (non-hydrogen) atoms. The Kier molecular flexibility index (Phi) is 7.48. The number of rotatable bonds is 4. The number of aromatic nitrogens is 5. The van der Waals surface area contributed by atoms with Crippen molar-refractivity contribution in [1.82, 2.24) is 24.1 Å². The maximum Gasteiger partial charge on any atom is 0.164 e. The molecule has 6 heteroatoms. The van der Waals surface area contributed by atoms with Crippen LogP contribution in [0.25, 0.3) is 89.2 Å². The van der Waals surface area contributed by atoms with Crippen LogP contribution < -0.4 is 0 Å². The van der Waals surface area contributed by atoms with Crippen LogP contribution in [-0.2, 0) is 5.41 Å². The minimum Gasteiger partial charge on any atom is -0.309 e. The summed E-state index contributed by atoms with van der Waals surface area (Å²) in [5.41, 5.74) is 14.7. The van der Waals surface area contributed by atoms with Gasteiger partial charge in [0.25, 0.3) is 0 Å². The summed E-state index contributed by atoms with van der Waals surface area (Å²) in [6, 6.07) is 76.7. The monoisotopic (exact) mass is 833 g/mol. The van der Waals surface area contributed by atoms with E-state index in [1.54, 1.807) is 0 Å². The minimum atomic E-state index is -0.557. The topological polar surface area (TPSA) is 48.5 Å². The van der Waals surface area contributed by atoms with Gasteiger partial charge in [-0.15, -0.1) is 0 Å². The number of hydrogen-bond donors (Lipinski definition) is 0. The summed E-state index contributed by atoms with van der Waals surface area (Å²) in [5.74, 6) is 1.93. The first-order valence-corrected chi connectivity index (χ1v) is 22.5. The highest BCUT2D eigenvalue weighted by molar-refractivity contribution is 7.99. The van der Waals surface area contributed by atoms with Crippen molar-refractivity contribution in [2.45, 2.75) is 15.2 Å². The van der Waals surface area contributed by atoms with Crippen LogP contribution in [0.5, 0.6) is 0 Å². The van der Waals surface area contributed by atoms with Gasteiger partial charge in [0.2, 0.25) is 0 Å². The van der Waals surface area contributed by atoms with Crippen LogP contribution in [0.3, 0.4) is 0 Å². The van der Waals surface area contributed by atoms with E-state index >= 15 is 0 Å². The molecule has 12 aromatic rings. The van der Waals surface area contributed by atoms with Gasteiger partial charge in [-0.2, -0.15) is 0 Å². The molecule has 1 unspecified atom stereocenters. The molecule has 2 aliphatic heterocycles.